The van der Waals surface area contributed by atoms with Gasteiger partial charge in [0.25, 0.3) is 0 Å². The molecule has 0 fully saturated rings. The molecule has 1 aliphatic carbocycles. The first-order chi connectivity index (χ1) is 17.1. The lowest BCUT2D eigenvalue weighted by molar-refractivity contribution is 0.434. The summed E-state index contributed by atoms with van der Waals surface area (Å²) in [5.74, 6) is 0.444. The van der Waals surface area contributed by atoms with Gasteiger partial charge in [0.1, 0.15) is 5.82 Å². The maximum atomic E-state index is 15.4. The zero-order valence-electron chi connectivity index (χ0n) is 21.3. The van der Waals surface area contributed by atoms with E-state index in [0.717, 1.165) is 41.9 Å². The van der Waals surface area contributed by atoms with Crippen molar-refractivity contribution in [1.82, 2.24) is 0 Å². The van der Waals surface area contributed by atoms with Crippen molar-refractivity contribution in [3.05, 3.63) is 88.7 Å². The minimum absolute atomic E-state index is 0.253. The average Bonchev–Trinajstić information content (AvgIpc) is 2.90. The van der Waals surface area contributed by atoms with Gasteiger partial charge in [0, 0.05) is 5.56 Å². The molecule has 184 valence electrons. The van der Waals surface area contributed by atoms with Crippen LogP contribution in [0.1, 0.15) is 82.8 Å². The zero-order chi connectivity index (χ0) is 24.6. The highest BCUT2D eigenvalue weighted by atomic mass is 35.5. The maximum Gasteiger partial charge on any atom is 0.150 e. The summed E-state index contributed by atoms with van der Waals surface area (Å²) < 4.78 is 15.4. The standard InChI is InChI=1S/C33H38ClF/c1-3-5-7-9-25-10-14-26(15-11-25)27-18-20-29(21-19-27)31-23-22-30(32(34)33(31)35)28-16-12-24(13-17-28)8-6-4-2/h10-11,14-16,18-24H,3-9,12-13,17H2,1-2H3. The molecule has 0 N–H and O–H groups in total. The molecule has 4 rings (SSSR count). The summed E-state index contributed by atoms with van der Waals surface area (Å²) in [6.07, 6.45) is 14.3. The largest absolute Gasteiger partial charge is 0.205 e. The van der Waals surface area contributed by atoms with Crippen LogP contribution in [0, 0.1) is 11.7 Å². The van der Waals surface area contributed by atoms with E-state index >= 15 is 4.39 Å². The molecular formula is C33H38ClF. The number of rotatable bonds is 10. The first kappa shape index (κ1) is 25.7. The Morgan fingerprint density at radius 2 is 1.40 bits per heavy atom. The van der Waals surface area contributed by atoms with Gasteiger partial charge < -0.3 is 0 Å². The fraction of sp³-hybridized carbons (Fsp3) is 0.394. The molecule has 0 nitrogen and oxygen atoms in total. The predicted octanol–water partition coefficient (Wildman–Crippen LogP) is 10.9. The molecule has 0 radical (unpaired) electrons. The highest BCUT2D eigenvalue weighted by molar-refractivity contribution is 6.32. The van der Waals surface area contributed by atoms with E-state index < -0.39 is 0 Å². The van der Waals surface area contributed by atoms with Crippen molar-refractivity contribution in [2.75, 3.05) is 0 Å². The van der Waals surface area contributed by atoms with E-state index in [1.54, 1.807) is 0 Å². The third-order valence-corrected chi connectivity index (χ3v) is 7.84. The van der Waals surface area contributed by atoms with Crippen molar-refractivity contribution in [3.63, 3.8) is 0 Å². The van der Waals surface area contributed by atoms with Gasteiger partial charge >= 0.3 is 0 Å². The van der Waals surface area contributed by atoms with Crippen LogP contribution in [0.3, 0.4) is 0 Å². The molecule has 0 heterocycles. The molecule has 0 saturated carbocycles. The summed E-state index contributed by atoms with van der Waals surface area (Å²) in [5, 5.41) is 0.253. The molecule has 1 aliphatic rings. The molecule has 35 heavy (non-hydrogen) atoms. The van der Waals surface area contributed by atoms with Crippen molar-refractivity contribution in [3.8, 4) is 22.3 Å². The van der Waals surface area contributed by atoms with Crippen LogP contribution in [0.15, 0.2) is 66.7 Å². The van der Waals surface area contributed by atoms with Crippen LogP contribution >= 0.6 is 11.6 Å². The Balaban J connectivity index is 1.47. The SMILES string of the molecule is CCCCCc1ccc(-c2ccc(-c3ccc(C4=CCC(CCCC)CC4)c(Cl)c3F)cc2)cc1. The lowest BCUT2D eigenvalue weighted by Gasteiger charge is -2.23. The van der Waals surface area contributed by atoms with Crippen LogP contribution in [0.25, 0.3) is 27.8 Å². The van der Waals surface area contributed by atoms with Crippen LogP contribution in [-0.4, -0.2) is 0 Å². The second-order valence-electron chi connectivity index (χ2n) is 10.0. The Morgan fingerprint density at radius 3 is 2.03 bits per heavy atom. The third-order valence-electron chi connectivity index (χ3n) is 7.47. The van der Waals surface area contributed by atoms with Crippen molar-refractivity contribution in [2.24, 2.45) is 5.92 Å². The second kappa shape index (κ2) is 12.5. The Morgan fingerprint density at radius 1 is 0.771 bits per heavy atom. The quantitative estimate of drug-likeness (QED) is 0.249. The highest BCUT2D eigenvalue weighted by Gasteiger charge is 2.20. The Labute approximate surface area is 216 Å². The van der Waals surface area contributed by atoms with Gasteiger partial charge in [0.05, 0.1) is 5.02 Å². The zero-order valence-corrected chi connectivity index (χ0v) is 22.0. The summed E-state index contributed by atoms with van der Waals surface area (Å²) in [5.41, 5.74) is 7.19. The van der Waals surface area contributed by atoms with Crippen molar-refractivity contribution < 1.29 is 4.39 Å². The second-order valence-corrected chi connectivity index (χ2v) is 10.4. The molecular weight excluding hydrogens is 451 g/mol. The number of benzene rings is 3. The molecule has 3 aromatic carbocycles. The lowest BCUT2D eigenvalue weighted by Crippen LogP contribution is -2.06. The number of aryl methyl sites for hydroxylation is 1. The van der Waals surface area contributed by atoms with Gasteiger partial charge in [-0.25, -0.2) is 4.39 Å². The van der Waals surface area contributed by atoms with Crippen molar-refractivity contribution in [2.45, 2.75) is 78.1 Å². The first-order valence-corrected chi connectivity index (χ1v) is 13.9. The number of hydrogen-bond donors (Lipinski definition) is 0. The molecule has 0 saturated heterocycles. The minimum Gasteiger partial charge on any atom is -0.205 e. The van der Waals surface area contributed by atoms with Gasteiger partial charge in [-0.1, -0.05) is 124 Å². The van der Waals surface area contributed by atoms with E-state index in [0.29, 0.717) is 5.56 Å². The summed E-state index contributed by atoms with van der Waals surface area (Å²) in [6, 6.07) is 20.9. The molecule has 0 amide bonds. The monoisotopic (exact) mass is 488 g/mol. The van der Waals surface area contributed by atoms with E-state index in [4.69, 9.17) is 11.6 Å². The predicted molar refractivity (Wildman–Crippen MR) is 150 cm³/mol. The summed E-state index contributed by atoms with van der Waals surface area (Å²) >= 11 is 6.57. The van der Waals surface area contributed by atoms with E-state index in [1.807, 2.05) is 24.3 Å². The van der Waals surface area contributed by atoms with Gasteiger partial charge in [0.2, 0.25) is 0 Å². The van der Waals surface area contributed by atoms with E-state index in [1.165, 1.54) is 61.6 Å². The number of hydrogen-bond acceptors (Lipinski definition) is 0. The van der Waals surface area contributed by atoms with Crippen molar-refractivity contribution >= 4 is 17.2 Å². The van der Waals surface area contributed by atoms with Crippen LogP contribution in [0.2, 0.25) is 5.02 Å². The lowest BCUT2D eigenvalue weighted by atomic mass is 9.83. The molecule has 2 heteroatoms. The molecule has 0 aromatic heterocycles. The van der Waals surface area contributed by atoms with E-state index in [-0.39, 0.29) is 10.8 Å². The Kier molecular flexibility index (Phi) is 9.21. The van der Waals surface area contributed by atoms with E-state index in [2.05, 4.69) is 56.3 Å². The van der Waals surface area contributed by atoms with Gasteiger partial charge in [-0.15, -0.1) is 0 Å². The van der Waals surface area contributed by atoms with Gasteiger partial charge in [-0.3, -0.25) is 0 Å². The summed E-state index contributed by atoms with van der Waals surface area (Å²) in [7, 11) is 0. The molecule has 1 unspecified atom stereocenters. The summed E-state index contributed by atoms with van der Waals surface area (Å²) in [6.45, 7) is 4.48. The van der Waals surface area contributed by atoms with Crippen LogP contribution < -0.4 is 0 Å². The molecule has 0 bridgehead atoms. The number of halogens is 2. The van der Waals surface area contributed by atoms with Crippen LogP contribution in [0.4, 0.5) is 4.39 Å². The number of allylic oxidation sites excluding steroid dienone is 2. The Bertz CT molecular complexity index is 1130. The maximum absolute atomic E-state index is 15.4. The van der Waals surface area contributed by atoms with Crippen molar-refractivity contribution in [1.29, 1.82) is 0 Å². The van der Waals surface area contributed by atoms with Gasteiger partial charge in [-0.2, -0.15) is 0 Å². The number of unbranched alkanes of at least 4 members (excludes halogenated alkanes) is 3. The molecule has 3 aromatic rings. The van der Waals surface area contributed by atoms with Gasteiger partial charge in [0.15, 0.2) is 0 Å². The summed E-state index contributed by atoms with van der Waals surface area (Å²) in [4.78, 5) is 0. The highest BCUT2D eigenvalue weighted by Crippen LogP contribution is 2.39. The van der Waals surface area contributed by atoms with Crippen LogP contribution in [-0.2, 0) is 6.42 Å². The van der Waals surface area contributed by atoms with E-state index in [9.17, 15) is 0 Å². The smallest absolute Gasteiger partial charge is 0.150 e. The molecule has 0 spiro atoms. The first-order valence-electron chi connectivity index (χ1n) is 13.5. The molecule has 0 aliphatic heterocycles. The minimum atomic E-state index is -0.317. The van der Waals surface area contributed by atoms with Gasteiger partial charge in [-0.05, 0) is 71.4 Å². The topological polar surface area (TPSA) is 0 Å². The Hall–Kier alpha value is -2.38. The fourth-order valence-corrected chi connectivity index (χ4v) is 5.48. The third kappa shape index (κ3) is 6.44. The van der Waals surface area contributed by atoms with Crippen LogP contribution in [0.5, 0.6) is 0 Å². The normalized spacial score (nSPS) is 15.8. The average molecular weight is 489 g/mol. The molecule has 1 atom stereocenters. The fourth-order valence-electron chi connectivity index (χ4n) is 5.19.